The monoisotopic (exact) mass is 328 g/mol. The van der Waals surface area contributed by atoms with Crippen molar-refractivity contribution >= 4 is 29.2 Å². The Kier molecular flexibility index (Phi) is 6.29. The van der Waals surface area contributed by atoms with Gasteiger partial charge < -0.3 is 14.2 Å². The van der Waals surface area contributed by atoms with Crippen molar-refractivity contribution in [2.45, 2.75) is 17.9 Å². The Morgan fingerprint density at radius 1 is 1.25 bits per heavy atom. The van der Waals surface area contributed by atoms with E-state index in [0.29, 0.717) is 5.75 Å². The number of ether oxygens (including phenoxy) is 3. The molecule has 20 heavy (non-hydrogen) atoms. The number of carbonyl (C=O) groups excluding carboxylic acids is 1. The van der Waals surface area contributed by atoms with Crippen LogP contribution in [-0.4, -0.2) is 30.1 Å². The number of halogens is 4. The van der Waals surface area contributed by atoms with Crippen molar-refractivity contribution < 1.29 is 27.8 Å². The lowest BCUT2D eigenvalue weighted by Gasteiger charge is -2.18. The second-order valence-electron chi connectivity index (χ2n) is 3.53. The quantitative estimate of drug-likeness (QED) is 0.568. The highest BCUT2D eigenvalue weighted by Crippen LogP contribution is 2.30. The summed E-state index contributed by atoms with van der Waals surface area (Å²) < 4.78 is 40.3. The number of rotatable bonds is 7. The van der Waals surface area contributed by atoms with Gasteiger partial charge in [-0.2, -0.15) is 8.78 Å². The number of hydrogen-bond acceptors (Lipinski definition) is 4. The molecule has 0 fully saturated rings. The highest BCUT2D eigenvalue weighted by Gasteiger charge is 2.40. The molecule has 0 unspecified atom stereocenters. The van der Waals surface area contributed by atoms with Crippen LogP contribution in [0.2, 0.25) is 0 Å². The Labute approximate surface area is 124 Å². The van der Waals surface area contributed by atoms with Gasteiger partial charge >= 0.3 is 12.1 Å². The van der Waals surface area contributed by atoms with Crippen LogP contribution in [0.25, 0.3) is 0 Å². The molecule has 0 heterocycles. The van der Waals surface area contributed by atoms with Crippen molar-refractivity contribution in [2.24, 2.45) is 0 Å². The van der Waals surface area contributed by atoms with E-state index in [0.717, 1.165) is 0 Å². The lowest BCUT2D eigenvalue weighted by atomic mass is 10.3. The first kappa shape index (κ1) is 16.8. The second kappa shape index (κ2) is 7.50. The molecular formula is C12H12Cl2F2O4. The molecule has 0 saturated carbocycles. The number of carbonyl (C=O) groups is 1. The fourth-order valence-electron chi connectivity index (χ4n) is 1.15. The minimum Gasteiger partial charge on any atom is -0.482 e. The van der Waals surface area contributed by atoms with Crippen LogP contribution in [0.3, 0.4) is 0 Å². The molecule has 0 aromatic heterocycles. The van der Waals surface area contributed by atoms with E-state index >= 15 is 0 Å². The zero-order chi connectivity index (χ0) is 15.2. The van der Waals surface area contributed by atoms with Gasteiger partial charge in [-0.3, -0.25) is 0 Å². The number of esters is 1. The molecule has 1 aromatic carbocycles. The third kappa shape index (κ3) is 5.38. The third-order valence-electron chi connectivity index (χ3n) is 1.99. The van der Waals surface area contributed by atoms with Crippen LogP contribution in [0.5, 0.6) is 11.5 Å². The molecular weight excluding hydrogens is 317 g/mol. The molecule has 0 bridgehead atoms. The average molecular weight is 329 g/mol. The van der Waals surface area contributed by atoms with Gasteiger partial charge in [0.05, 0.1) is 6.61 Å². The highest BCUT2D eigenvalue weighted by molar-refractivity contribution is 6.44. The van der Waals surface area contributed by atoms with Gasteiger partial charge in [0, 0.05) is 0 Å². The van der Waals surface area contributed by atoms with Gasteiger partial charge in [0.25, 0.3) is 0 Å². The summed E-state index contributed by atoms with van der Waals surface area (Å²) in [5.41, 5.74) is 0. The number of benzene rings is 1. The van der Waals surface area contributed by atoms with Gasteiger partial charge in [0.1, 0.15) is 11.5 Å². The predicted octanol–water partition coefficient (Wildman–Crippen LogP) is 3.40. The zero-order valence-electron chi connectivity index (χ0n) is 10.4. The van der Waals surface area contributed by atoms with Gasteiger partial charge in [0.15, 0.2) is 6.61 Å². The van der Waals surface area contributed by atoms with Crippen molar-refractivity contribution in [1.29, 1.82) is 0 Å². The summed E-state index contributed by atoms with van der Waals surface area (Å²) >= 11 is 10.2. The van der Waals surface area contributed by atoms with E-state index in [4.69, 9.17) is 27.9 Å². The van der Waals surface area contributed by atoms with Crippen LogP contribution in [0.15, 0.2) is 24.3 Å². The summed E-state index contributed by atoms with van der Waals surface area (Å²) in [7, 11) is 0. The largest absolute Gasteiger partial charge is 0.482 e. The Balaban J connectivity index is 2.54. The minimum absolute atomic E-state index is 0.134. The van der Waals surface area contributed by atoms with E-state index in [1.165, 1.54) is 24.3 Å². The Bertz CT molecular complexity index is 438. The molecule has 1 aromatic rings. The molecule has 112 valence electrons. The molecule has 8 heteroatoms. The zero-order valence-corrected chi connectivity index (χ0v) is 12.0. The normalized spacial score (nSPS) is 11.3. The van der Waals surface area contributed by atoms with Crippen LogP contribution in [-0.2, 0) is 9.53 Å². The van der Waals surface area contributed by atoms with Gasteiger partial charge in [-0.25, -0.2) is 4.79 Å². The summed E-state index contributed by atoms with van der Waals surface area (Å²) in [6, 6.07) is 5.21. The standard InChI is InChI=1S/C12H12Cl2F2O4/c1-2-18-10(17)7-19-8-3-5-9(6-4-8)20-12(15,16)11(13)14/h3-6,11H,2,7H2,1H3. The molecule has 0 aliphatic heterocycles. The molecule has 4 nitrogen and oxygen atoms in total. The predicted molar refractivity (Wildman–Crippen MR) is 69.6 cm³/mol. The summed E-state index contributed by atoms with van der Waals surface area (Å²) in [5, 5.41) is 0. The molecule has 0 aliphatic carbocycles. The highest BCUT2D eigenvalue weighted by atomic mass is 35.5. The van der Waals surface area contributed by atoms with Crippen LogP contribution < -0.4 is 9.47 Å². The molecule has 0 radical (unpaired) electrons. The maximum absolute atomic E-state index is 13.1. The van der Waals surface area contributed by atoms with E-state index < -0.39 is 16.9 Å². The molecule has 0 spiro atoms. The van der Waals surface area contributed by atoms with Gasteiger partial charge in [-0.1, -0.05) is 23.2 Å². The first-order valence-electron chi connectivity index (χ1n) is 5.58. The van der Waals surface area contributed by atoms with Gasteiger partial charge in [-0.05, 0) is 31.2 Å². The van der Waals surface area contributed by atoms with Crippen molar-refractivity contribution in [3.8, 4) is 11.5 Å². The lowest BCUT2D eigenvalue weighted by Crippen LogP contribution is -2.32. The summed E-state index contributed by atoms with van der Waals surface area (Å²) in [6.07, 6.45) is -3.70. The molecule has 0 saturated heterocycles. The van der Waals surface area contributed by atoms with E-state index in [-0.39, 0.29) is 19.0 Å². The van der Waals surface area contributed by atoms with E-state index in [9.17, 15) is 13.6 Å². The van der Waals surface area contributed by atoms with Crippen LogP contribution in [0.4, 0.5) is 8.78 Å². The topological polar surface area (TPSA) is 44.8 Å². The lowest BCUT2D eigenvalue weighted by molar-refractivity contribution is -0.163. The maximum atomic E-state index is 13.1. The Morgan fingerprint density at radius 3 is 2.30 bits per heavy atom. The fraction of sp³-hybridized carbons (Fsp3) is 0.417. The SMILES string of the molecule is CCOC(=O)COc1ccc(OC(F)(F)C(Cl)Cl)cc1. The Hall–Kier alpha value is -1.27. The number of hydrogen-bond donors (Lipinski definition) is 0. The Morgan fingerprint density at radius 2 is 1.80 bits per heavy atom. The average Bonchev–Trinajstić information content (AvgIpc) is 2.38. The van der Waals surface area contributed by atoms with Gasteiger partial charge in [-0.15, -0.1) is 0 Å². The van der Waals surface area contributed by atoms with Crippen molar-refractivity contribution in [3.63, 3.8) is 0 Å². The molecule has 0 amide bonds. The summed E-state index contributed by atoms with van der Waals surface area (Å²) in [4.78, 5) is 9.06. The van der Waals surface area contributed by atoms with Crippen LogP contribution in [0.1, 0.15) is 6.92 Å². The first-order valence-corrected chi connectivity index (χ1v) is 6.46. The molecule has 0 N–H and O–H groups in total. The van der Waals surface area contributed by atoms with E-state index in [1.54, 1.807) is 6.92 Å². The second-order valence-corrected chi connectivity index (χ2v) is 4.63. The smallest absolute Gasteiger partial charge is 0.428 e. The van der Waals surface area contributed by atoms with Crippen molar-refractivity contribution in [2.75, 3.05) is 13.2 Å². The van der Waals surface area contributed by atoms with Crippen molar-refractivity contribution in [1.82, 2.24) is 0 Å². The van der Waals surface area contributed by atoms with E-state index in [2.05, 4.69) is 9.47 Å². The van der Waals surface area contributed by atoms with Crippen LogP contribution in [0, 0.1) is 0 Å². The fourth-order valence-corrected chi connectivity index (χ4v) is 1.24. The van der Waals surface area contributed by atoms with E-state index in [1.807, 2.05) is 0 Å². The maximum Gasteiger partial charge on any atom is 0.428 e. The third-order valence-corrected chi connectivity index (χ3v) is 2.50. The summed E-state index contributed by atoms with van der Waals surface area (Å²) in [6.45, 7) is 1.66. The molecule has 0 aliphatic rings. The van der Waals surface area contributed by atoms with Gasteiger partial charge in [0.2, 0.25) is 4.84 Å². The minimum atomic E-state index is -3.70. The van der Waals surface area contributed by atoms with Crippen LogP contribution >= 0.6 is 23.2 Å². The molecule has 1 rings (SSSR count). The summed E-state index contributed by atoms with van der Waals surface area (Å²) in [5.74, 6) is -0.349. The molecule has 0 atom stereocenters. The van der Waals surface area contributed by atoms with Crippen molar-refractivity contribution in [3.05, 3.63) is 24.3 Å². The number of alkyl halides is 4. The first-order chi connectivity index (χ1) is 9.35.